The van der Waals surface area contributed by atoms with Crippen molar-refractivity contribution in [3.63, 3.8) is 0 Å². The van der Waals surface area contributed by atoms with Crippen LogP contribution in [0.3, 0.4) is 0 Å². The van der Waals surface area contributed by atoms with E-state index >= 15 is 0 Å². The van der Waals surface area contributed by atoms with E-state index in [-0.39, 0.29) is 6.04 Å². The SMILES string of the molecule is CCONC(c1ccccc1)c1ccc(OC)cc1. The lowest BCUT2D eigenvalue weighted by atomic mass is 9.99. The Morgan fingerprint density at radius 1 is 0.947 bits per heavy atom. The zero-order valence-corrected chi connectivity index (χ0v) is 11.3. The van der Waals surface area contributed by atoms with E-state index in [1.54, 1.807) is 7.11 Å². The third-order valence-electron chi connectivity index (χ3n) is 2.93. The molecular weight excluding hydrogens is 238 g/mol. The maximum absolute atomic E-state index is 5.38. The first kappa shape index (κ1) is 13.6. The third kappa shape index (κ3) is 3.56. The summed E-state index contributed by atoms with van der Waals surface area (Å²) >= 11 is 0. The Bertz CT molecular complexity index is 482. The van der Waals surface area contributed by atoms with Gasteiger partial charge in [-0.25, -0.2) is 0 Å². The van der Waals surface area contributed by atoms with E-state index in [1.807, 2.05) is 49.4 Å². The summed E-state index contributed by atoms with van der Waals surface area (Å²) in [6, 6.07) is 18.3. The van der Waals surface area contributed by atoms with Crippen molar-refractivity contribution in [2.24, 2.45) is 0 Å². The molecule has 0 saturated heterocycles. The van der Waals surface area contributed by atoms with Gasteiger partial charge in [0.25, 0.3) is 0 Å². The molecule has 0 aliphatic carbocycles. The Hall–Kier alpha value is -1.84. The lowest BCUT2D eigenvalue weighted by molar-refractivity contribution is 0.0334. The minimum atomic E-state index is 0.0204. The van der Waals surface area contributed by atoms with Gasteiger partial charge in [0.2, 0.25) is 0 Å². The molecule has 0 fully saturated rings. The van der Waals surface area contributed by atoms with E-state index in [9.17, 15) is 0 Å². The second-order valence-electron chi connectivity index (χ2n) is 4.17. The van der Waals surface area contributed by atoms with Crippen molar-refractivity contribution in [2.75, 3.05) is 13.7 Å². The first-order valence-corrected chi connectivity index (χ1v) is 6.41. The summed E-state index contributed by atoms with van der Waals surface area (Å²) in [4.78, 5) is 5.38. The number of methoxy groups -OCH3 is 1. The molecule has 3 heteroatoms. The largest absolute Gasteiger partial charge is 0.497 e. The highest BCUT2D eigenvalue weighted by Gasteiger charge is 2.13. The predicted molar refractivity (Wildman–Crippen MR) is 76.0 cm³/mol. The van der Waals surface area contributed by atoms with Gasteiger partial charge in [-0.2, -0.15) is 5.48 Å². The van der Waals surface area contributed by atoms with Crippen molar-refractivity contribution in [3.05, 3.63) is 65.7 Å². The van der Waals surface area contributed by atoms with Crippen LogP contribution in [0.4, 0.5) is 0 Å². The fourth-order valence-corrected chi connectivity index (χ4v) is 1.94. The van der Waals surface area contributed by atoms with E-state index < -0.39 is 0 Å². The Labute approximate surface area is 114 Å². The molecule has 1 N–H and O–H groups in total. The monoisotopic (exact) mass is 257 g/mol. The number of nitrogens with one attached hydrogen (secondary N) is 1. The molecule has 0 aliphatic heterocycles. The third-order valence-corrected chi connectivity index (χ3v) is 2.93. The van der Waals surface area contributed by atoms with Gasteiger partial charge in [-0.05, 0) is 30.2 Å². The van der Waals surface area contributed by atoms with Crippen molar-refractivity contribution >= 4 is 0 Å². The second-order valence-corrected chi connectivity index (χ2v) is 4.17. The Morgan fingerprint density at radius 3 is 2.16 bits per heavy atom. The van der Waals surface area contributed by atoms with E-state index in [1.165, 1.54) is 5.56 Å². The van der Waals surface area contributed by atoms with Crippen molar-refractivity contribution in [2.45, 2.75) is 13.0 Å². The van der Waals surface area contributed by atoms with E-state index in [4.69, 9.17) is 9.57 Å². The highest BCUT2D eigenvalue weighted by Crippen LogP contribution is 2.23. The minimum Gasteiger partial charge on any atom is -0.497 e. The molecule has 0 bridgehead atoms. The fraction of sp³-hybridized carbons (Fsp3) is 0.250. The van der Waals surface area contributed by atoms with Gasteiger partial charge >= 0.3 is 0 Å². The van der Waals surface area contributed by atoms with Gasteiger partial charge < -0.3 is 9.57 Å². The first-order chi connectivity index (χ1) is 9.35. The molecule has 2 aromatic carbocycles. The summed E-state index contributed by atoms with van der Waals surface area (Å²) in [6.07, 6.45) is 0. The average molecular weight is 257 g/mol. The van der Waals surface area contributed by atoms with Crippen molar-refractivity contribution in [1.82, 2.24) is 5.48 Å². The molecule has 0 aromatic heterocycles. The number of ether oxygens (including phenoxy) is 1. The van der Waals surface area contributed by atoms with Gasteiger partial charge in [0.1, 0.15) is 5.75 Å². The molecule has 0 radical (unpaired) electrons. The maximum Gasteiger partial charge on any atom is 0.118 e. The van der Waals surface area contributed by atoms with Crippen LogP contribution in [-0.2, 0) is 4.84 Å². The molecule has 19 heavy (non-hydrogen) atoms. The standard InChI is InChI=1S/C16H19NO2/c1-3-19-17-16(13-7-5-4-6-8-13)14-9-11-15(18-2)12-10-14/h4-12,16-17H,3H2,1-2H3. The topological polar surface area (TPSA) is 30.5 Å². The zero-order chi connectivity index (χ0) is 13.5. The van der Waals surface area contributed by atoms with E-state index in [0.717, 1.165) is 11.3 Å². The lowest BCUT2D eigenvalue weighted by Gasteiger charge is -2.19. The summed E-state index contributed by atoms with van der Waals surface area (Å²) in [5.41, 5.74) is 5.41. The summed E-state index contributed by atoms with van der Waals surface area (Å²) < 4.78 is 5.18. The number of hydroxylamine groups is 1. The molecule has 1 atom stereocenters. The molecule has 3 nitrogen and oxygen atoms in total. The van der Waals surface area contributed by atoms with Gasteiger partial charge in [-0.1, -0.05) is 42.5 Å². The molecule has 0 spiro atoms. The normalized spacial score (nSPS) is 12.1. The van der Waals surface area contributed by atoms with Crippen molar-refractivity contribution in [1.29, 1.82) is 0 Å². The number of benzene rings is 2. The van der Waals surface area contributed by atoms with Gasteiger partial charge in [-0.3, -0.25) is 0 Å². The van der Waals surface area contributed by atoms with Gasteiger partial charge in [0.15, 0.2) is 0 Å². The van der Waals surface area contributed by atoms with Crippen LogP contribution in [0.25, 0.3) is 0 Å². The van der Waals surface area contributed by atoms with E-state index in [0.29, 0.717) is 6.61 Å². The maximum atomic E-state index is 5.38. The summed E-state index contributed by atoms with van der Waals surface area (Å²) in [5, 5.41) is 0. The minimum absolute atomic E-state index is 0.0204. The van der Waals surface area contributed by atoms with Gasteiger partial charge in [-0.15, -0.1) is 0 Å². The molecule has 2 rings (SSSR count). The van der Waals surface area contributed by atoms with Gasteiger partial charge in [0, 0.05) is 0 Å². The number of hydrogen-bond donors (Lipinski definition) is 1. The Balaban J connectivity index is 2.26. The molecule has 0 amide bonds. The molecule has 100 valence electrons. The van der Waals surface area contributed by atoms with Crippen LogP contribution in [-0.4, -0.2) is 13.7 Å². The van der Waals surface area contributed by atoms with Crippen LogP contribution in [0, 0.1) is 0 Å². The molecule has 0 heterocycles. The average Bonchev–Trinajstić information content (AvgIpc) is 2.49. The fourth-order valence-electron chi connectivity index (χ4n) is 1.94. The van der Waals surface area contributed by atoms with Crippen LogP contribution < -0.4 is 10.2 Å². The number of rotatable bonds is 6. The lowest BCUT2D eigenvalue weighted by Crippen LogP contribution is -2.22. The van der Waals surface area contributed by atoms with Crippen molar-refractivity contribution < 1.29 is 9.57 Å². The van der Waals surface area contributed by atoms with Crippen LogP contribution in [0.1, 0.15) is 24.1 Å². The molecular formula is C16H19NO2. The molecule has 0 saturated carbocycles. The Morgan fingerprint density at radius 2 is 1.58 bits per heavy atom. The first-order valence-electron chi connectivity index (χ1n) is 6.41. The zero-order valence-electron chi connectivity index (χ0n) is 11.3. The van der Waals surface area contributed by atoms with Crippen LogP contribution >= 0.6 is 0 Å². The summed E-state index contributed by atoms with van der Waals surface area (Å²) in [7, 11) is 1.67. The molecule has 0 aliphatic rings. The van der Waals surface area contributed by atoms with Crippen LogP contribution in [0.15, 0.2) is 54.6 Å². The van der Waals surface area contributed by atoms with Crippen LogP contribution in [0.2, 0.25) is 0 Å². The summed E-state index contributed by atoms with van der Waals surface area (Å²) in [5.74, 6) is 0.854. The highest BCUT2D eigenvalue weighted by atomic mass is 16.6. The van der Waals surface area contributed by atoms with Gasteiger partial charge in [0.05, 0.1) is 19.8 Å². The highest BCUT2D eigenvalue weighted by molar-refractivity contribution is 5.35. The smallest absolute Gasteiger partial charge is 0.118 e. The number of hydrogen-bond acceptors (Lipinski definition) is 3. The Kier molecular flexibility index (Phi) is 4.95. The van der Waals surface area contributed by atoms with Crippen LogP contribution in [0.5, 0.6) is 5.75 Å². The molecule has 1 unspecified atom stereocenters. The predicted octanol–water partition coefficient (Wildman–Crippen LogP) is 3.33. The quantitative estimate of drug-likeness (QED) is 0.805. The summed E-state index contributed by atoms with van der Waals surface area (Å²) in [6.45, 7) is 2.59. The molecule has 2 aromatic rings. The van der Waals surface area contributed by atoms with Crippen molar-refractivity contribution in [3.8, 4) is 5.75 Å². The van der Waals surface area contributed by atoms with E-state index in [2.05, 4.69) is 17.6 Å². The second kappa shape index (κ2) is 6.92.